The van der Waals surface area contributed by atoms with Crippen LogP contribution in [0.4, 0.5) is 0 Å². The zero-order valence-electron chi connectivity index (χ0n) is 14.4. The van der Waals surface area contributed by atoms with Gasteiger partial charge in [-0.15, -0.1) is 0 Å². The normalized spacial score (nSPS) is 11.0. The van der Waals surface area contributed by atoms with E-state index >= 15 is 0 Å². The zero-order valence-corrected chi connectivity index (χ0v) is 14.4. The van der Waals surface area contributed by atoms with E-state index in [4.69, 9.17) is 14.8 Å². The summed E-state index contributed by atoms with van der Waals surface area (Å²) in [6, 6.07) is 18.4. The highest BCUT2D eigenvalue weighted by molar-refractivity contribution is 5.62. The lowest BCUT2D eigenvalue weighted by molar-refractivity contribution is 0.317. The number of rotatable bonds is 6. The van der Waals surface area contributed by atoms with E-state index in [1.165, 1.54) is 0 Å². The predicted octanol–water partition coefficient (Wildman–Crippen LogP) is 4.98. The number of nitrogens with zero attached hydrogens (tertiary/aromatic N) is 3. The van der Waals surface area contributed by atoms with Gasteiger partial charge in [0.25, 0.3) is 0 Å². The first kappa shape index (κ1) is 16.2. The maximum atomic E-state index is 5.66. The number of ether oxygens (including phenoxy) is 1. The van der Waals surface area contributed by atoms with Crippen LogP contribution in [0.3, 0.4) is 0 Å². The zero-order chi connectivity index (χ0) is 16.9. The summed E-state index contributed by atoms with van der Waals surface area (Å²) < 4.78 is 7.63. The molecule has 0 saturated heterocycles. The summed E-state index contributed by atoms with van der Waals surface area (Å²) >= 11 is 0. The fourth-order valence-electron chi connectivity index (χ4n) is 2.51. The third-order valence-corrected chi connectivity index (χ3v) is 3.74. The number of hydrogen-bond acceptors (Lipinski definition) is 3. The van der Waals surface area contributed by atoms with Gasteiger partial charge in [-0.05, 0) is 44.5 Å². The van der Waals surface area contributed by atoms with Crippen molar-refractivity contribution in [2.45, 2.75) is 33.2 Å². The van der Waals surface area contributed by atoms with Gasteiger partial charge >= 0.3 is 0 Å². The van der Waals surface area contributed by atoms with Crippen LogP contribution in [0, 0.1) is 0 Å². The number of benzene rings is 2. The van der Waals surface area contributed by atoms with E-state index in [9.17, 15) is 0 Å². The van der Waals surface area contributed by atoms with Gasteiger partial charge in [0.2, 0.25) is 0 Å². The first-order valence-electron chi connectivity index (χ1n) is 8.44. The van der Waals surface area contributed by atoms with E-state index in [0.717, 1.165) is 41.6 Å². The summed E-state index contributed by atoms with van der Waals surface area (Å²) in [5, 5.41) is 4.70. The Balaban J connectivity index is 1.96. The molecular formula is C20H23N3O. The second-order valence-corrected chi connectivity index (χ2v) is 6.04. The standard InChI is InChI=1S/C20H23N3O/c1-4-14-24-18-12-10-17(11-13-18)20-21-19(22-23(20)15(2)3)16-8-6-5-7-9-16/h5-13,15H,4,14H2,1-3H3. The van der Waals surface area contributed by atoms with Crippen LogP contribution in [0.1, 0.15) is 33.2 Å². The van der Waals surface area contributed by atoms with E-state index < -0.39 is 0 Å². The number of hydrogen-bond donors (Lipinski definition) is 0. The quantitative estimate of drug-likeness (QED) is 0.642. The van der Waals surface area contributed by atoms with E-state index in [1.807, 2.05) is 59.3 Å². The van der Waals surface area contributed by atoms with Crippen LogP contribution in [-0.4, -0.2) is 21.4 Å². The summed E-state index contributed by atoms with van der Waals surface area (Å²) in [5.41, 5.74) is 2.07. The molecule has 0 amide bonds. The molecule has 0 saturated carbocycles. The van der Waals surface area contributed by atoms with E-state index in [0.29, 0.717) is 0 Å². The monoisotopic (exact) mass is 321 g/mol. The summed E-state index contributed by atoms with van der Waals surface area (Å²) in [6.07, 6.45) is 1.00. The van der Waals surface area contributed by atoms with Crippen molar-refractivity contribution in [1.29, 1.82) is 0 Å². The highest BCUT2D eigenvalue weighted by atomic mass is 16.5. The molecule has 0 fully saturated rings. The van der Waals surface area contributed by atoms with E-state index in [2.05, 4.69) is 20.8 Å². The molecule has 0 bridgehead atoms. The Bertz CT molecular complexity index is 776. The van der Waals surface area contributed by atoms with Gasteiger partial charge in [-0.3, -0.25) is 0 Å². The van der Waals surface area contributed by atoms with Crippen molar-refractivity contribution < 1.29 is 4.74 Å². The third-order valence-electron chi connectivity index (χ3n) is 3.74. The first-order valence-corrected chi connectivity index (χ1v) is 8.44. The molecule has 0 spiro atoms. The van der Waals surface area contributed by atoms with Gasteiger partial charge in [-0.2, -0.15) is 5.10 Å². The lowest BCUT2D eigenvalue weighted by atomic mass is 10.2. The van der Waals surface area contributed by atoms with Crippen molar-refractivity contribution in [2.75, 3.05) is 6.61 Å². The van der Waals surface area contributed by atoms with Crippen LogP contribution in [-0.2, 0) is 0 Å². The third kappa shape index (κ3) is 3.48. The predicted molar refractivity (Wildman–Crippen MR) is 97.1 cm³/mol. The minimum absolute atomic E-state index is 0.237. The highest BCUT2D eigenvalue weighted by Crippen LogP contribution is 2.26. The van der Waals surface area contributed by atoms with Gasteiger partial charge in [-0.1, -0.05) is 37.3 Å². The Hall–Kier alpha value is -2.62. The molecule has 0 aliphatic rings. The topological polar surface area (TPSA) is 39.9 Å². The smallest absolute Gasteiger partial charge is 0.181 e. The molecule has 24 heavy (non-hydrogen) atoms. The second-order valence-electron chi connectivity index (χ2n) is 6.04. The maximum Gasteiger partial charge on any atom is 0.181 e. The Labute approximate surface area is 143 Å². The van der Waals surface area contributed by atoms with Crippen LogP contribution >= 0.6 is 0 Å². The summed E-state index contributed by atoms with van der Waals surface area (Å²) in [7, 11) is 0. The van der Waals surface area contributed by atoms with Crippen molar-refractivity contribution in [2.24, 2.45) is 0 Å². The molecule has 0 unspecified atom stereocenters. The summed E-state index contributed by atoms with van der Waals surface area (Å²) in [4.78, 5) is 4.77. The molecule has 0 radical (unpaired) electrons. The van der Waals surface area contributed by atoms with Crippen LogP contribution < -0.4 is 4.74 Å². The molecule has 0 aliphatic heterocycles. The van der Waals surface area contributed by atoms with E-state index in [-0.39, 0.29) is 6.04 Å². The fourth-order valence-corrected chi connectivity index (χ4v) is 2.51. The van der Waals surface area contributed by atoms with Crippen LogP contribution in [0.25, 0.3) is 22.8 Å². The summed E-state index contributed by atoms with van der Waals surface area (Å²) in [5.74, 6) is 2.52. The minimum Gasteiger partial charge on any atom is -0.494 e. The molecule has 0 aliphatic carbocycles. The minimum atomic E-state index is 0.237. The van der Waals surface area contributed by atoms with Gasteiger partial charge in [0.15, 0.2) is 11.6 Å². The lowest BCUT2D eigenvalue weighted by Crippen LogP contribution is -2.05. The number of aromatic nitrogens is 3. The van der Waals surface area contributed by atoms with Gasteiger partial charge in [0.1, 0.15) is 5.75 Å². The van der Waals surface area contributed by atoms with Gasteiger partial charge in [0, 0.05) is 17.2 Å². The van der Waals surface area contributed by atoms with Gasteiger partial charge in [0.05, 0.1) is 6.61 Å². The molecule has 0 N–H and O–H groups in total. The first-order chi connectivity index (χ1) is 11.7. The molecule has 4 nitrogen and oxygen atoms in total. The summed E-state index contributed by atoms with van der Waals surface area (Å²) in [6.45, 7) is 7.07. The highest BCUT2D eigenvalue weighted by Gasteiger charge is 2.15. The fraction of sp³-hybridized carbons (Fsp3) is 0.300. The lowest BCUT2D eigenvalue weighted by Gasteiger charge is -2.10. The van der Waals surface area contributed by atoms with Crippen molar-refractivity contribution >= 4 is 0 Å². The van der Waals surface area contributed by atoms with Crippen molar-refractivity contribution in [3.05, 3.63) is 54.6 Å². The largest absolute Gasteiger partial charge is 0.494 e. The van der Waals surface area contributed by atoms with Crippen LogP contribution in [0.15, 0.2) is 54.6 Å². The van der Waals surface area contributed by atoms with Crippen molar-refractivity contribution in [3.63, 3.8) is 0 Å². The Morgan fingerprint density at radius 3 is 2.29 bits per heavy atom. The molecule has 3 aromatic rings. The van der Waals surface area contributed by atoms with Gasteiger partial charge < -0.3 is 4.74 Å². The Morgan fingerprint density at radius 2 is 1.67 bits per heavy atom. The van der Waals surface area contributed by atoms with Crippen LogP contribution in [0.5, 0.6) is 5.75 Å². The second kappa shape index (κ2) is 7.30. The molecule has 1 aromatic heterocycles. The molecule has 0 atom stereocenters. The molecule has 2 aromatic carbocycles. The molecule has 4 heteroatoms. The Morgan fingerprint density at radius 1 is 0.958 bits per heavy atom. The van der Waals surface area contributed by atoms with E-state index in [1.54, 1.807) is 0 Å². The van der Waals surface area contributed by atoms with Crippen molar-refractivity contribution in [3.8, 4) is 28.5 Å². The molecule has 1 heterocycles. The molecule has 3 rings (SSSR count). The average molecular weight is 321 g/mol. The average Bonchev–Trinajstić information content (AvgIpc) is 3.07. The van der Waals surface area contributed by atoms with Gasteiger partial charge in [-0.25, -0.2) is 9.67 Å². The van der Waals surface area contributed by atoms with Crippen molar-refractivity contribution in [1.82, 2.24) is 14.8 Å². The SMILES string of the molecule is CCCOc1ccc(-c2nc(-c3ccccc3)nn2C(C)C)cc1. The molecular weight excluding hydrogens is 298 g/mol. The van der Waals surface area contributed by atoms with Crippen LogP contribution in [0.2, 0.25) is 0 Å². The maximum absolute atomic E-state index is 5.66. The Kier molecular flexibility index (Phi) is 4.94. The molecule has 124 valence electrons.